The molecule has 1 heterocycles. The summed E-state index contributed by atoms with van der Waals surface area (Å²) in [7, 11) is 0. The first-order chi connectivity index (χ1) is 13.5. The van der Waals surface area contributed by atoms with Crippen molar-refractivity contribution in [1.82, 2.24) is 4.98 Å². The first kappa shape index (κ1) is 17.4. The summed E-state index contributed by atoms with van der Waals surface area (Å²) in [6.45, 7) is 4.64. The minimum Gasteiger partial charge on any atom is -0.256 e. The normalized spacial score (nSPS) is 13.8. The second kappa shape index (κ2) is 6.42. The number of nitrogens with zero attached hydrogens (tertiary/aromatic N) is 1. The summed E-state index contributed by atoms with van der Waals surface area (Å²) >= 11 is 3.69. The molecular formula is C26H20BrN. The number of fused-ring (bicyclic) bond motifs is 3. The summed E-state index contributed by atoms with van der Waals surface area (Å²) in [5.74, 6) is 0. The van der Waals surface area contributed by atoms with Crippen LogP contribution in [-0.4, -0.2) is 4.98 Å². The monoisotopic (exact) mass is 425 g/mol. The van der Waals surface area contributed by atoms with Gasteiger partial charge in [0.25, 0.3) is 0 Å². The van der Waals surface area contributed by atoms with Crippen LogP contribution in [0.5, 0.6) is 0 Å². The summed E-state index contributed by atoms with van der Waals surface area (Å²) in [4.78, 5) is 4.51. The van der Waals surface area contributed by atoms with Crippen molar-refractivity contribution >= 4 is 15.9 Å². The van der Waals surface area contributed by atoms with E-state index in [9.17, 15) is 0 Å². The lowest BCUT2D eigenvalue weighted by atomic mass is 9.81. The van der Waals surface area contributed by atoms with E-state index < -0.39 is 0 Å². The molecule has 0 radical (unpaired) electrons. The average Bonchev–Trinajstić information content (AvgIpc) is 2.95. The molecule has 0 aliphatic heterocycles. The quantitative estimate of drug-likeness (QED) is 0.324. The summed E-state index contributed by atoms with van der Waals surface area (Å²) in [5, 5.41) is 0. The maximum atomic E-state index is 4.51. The topological polar surface area (TPSA) is 12.9 Å². The Balaban J connectivity index is 1.65. The van der Waals surface area contributed by atoms with Gasteiger partial charge in [0.2, 0.25) is 0 Å². The molecule has 0 unspecified atom stereocenters. The fraction of sp³-hybridized carbons (Fsp3) is 0.115. The lowest BCUT2D eigenvalue weighted by Crippen LogP contribution is -2.14. The molecule has 28 heavy (non-hydrogen) atoms. The van der Waals surface area contributed by atoms with Gasteiger partial charge in [-0.25, -0.2) is 0 Å². The molecule has 136 valence electrons. The van der Waals surface area contributed by atoms with Crippen molar-refractivity contribution in [2.75, 3.05) is 0 Å². The maximum Gasteiger partial charge on any atom is 0.0702 e. The second-order valence-corrected chi connectivity index (χ2v) is 8.79. The Morgan fingerprint density at radius 1 is 0.679 bits per heavy atom. The van der Waals surface area contributed by atoms with Gasteiger partial charge in [-0.05, 0) is 69.8 Å². The van der Waals surface area contributed by atoms with Crippen molar-refractivity contribution in [3.05, 3.63) is 101 Å². The molecule has 1 aliphatic rings. The molecule has 0 fully saturated rings. The lowest BCUT2D eigenvalue weighted by Gasteiger charge is -2.22. The van der Waals surface area contributed by atoms with Gasteiger partial charge in [0.1, 0.15) is 0 Å². The number of hydrogen-bond donors (Lipinski definition) is 0. The molecule has 0 N–H and O–H groups in total. The van der Waals surface area contributed by atoms with Crippen molar-refractivity contribution in [2.45, 2.75) is 19.3 Å². The van der Waals surface area contributed by atoms with Crippen LogP contribution in [0.25, 0.3) is 33.5 Å². The molecule has 5 rings (SSSR count). The first-order valence-electron chi connectivity index (χ1n) is 9.51. The summed E-state index contributed by atoms with van der Waals surface area (Å²) in [6.07, 6.45) is 1.84. The molecule has 0 amide bonds. The standard InChI is InChI=1S/C26H20BrN/c1-26(2)23-8-4-3-7-21(23)22-11-10-17(16-24(22)26)18-13-19(15-20(27)14-18)25-9-5-6-12-28-25/h3-16H,1-2H3. The summed E-state index contributed by atoms with van der Waals surface area (Å²) < 4.78 is 1.06. The zero-order valence-electron chi connectivity index (χ0n) is 15.9. The van der Waals surface area contributed by atoms with Crippen molar-refractivity contribution in [3.63, 3.8) is 0 Å². The zero-order valence-corrected chi connectivity index (χ0v) is 17.5. The van der Waals surface area contributed by atoms with Crippen LogP contribution in [0.3, 0.4) is 0 Å². The van der Waals surface area contributed by atoms with Crippen LogP contribution in [0.4, 0.5) is 0 Å². The van der Waals surface area contributed by atoms with E-state index in [1.165, 1.54) is 33.4 Å². The number of halogens is 1. The first-order valence-corrected chi connectivity index (χ1v) is 10.3. The number of aromatic nitrogens is 1. The van der Waals surface area contributed by atoms with E-state index in [2.05, 4.69) is 95.4 Å². The van der Waals surface area contributed by atoms with Crippen molar-refractivity contribution < 1.29 is 0 Å². The zero-order chi connectivity index (χ0) is 19.3. The highest BCUT2D eigenvalue weighted by atomic mass is 79.9. The lowest BCUT2D eigenvalue weighted by molar-refractivity contribution is 0.660. The molecule has 0 saturated heterocycles. The minimum atomic E-state index is 0.0117. The van der Waals surface area contributed by atoms with Gasteiger partial charge in [-0.3, -0.25) is 4.98 Å². The highest BCUT2D eigenvalue weighted by Gasteiger charge is 2.35. The molecule has 0 bridgehead atoms. The number of benzene rings is 3. The highest BCUT2D eigenvalue weighted by Crippen LogP contribution is 2.49. The number of rotatable bonds is 2. The predicted molar refractivity (Wildman–Crippen MR) is 120 cm³/mol. The number of hydrogen-bond acceptors (Lipinski definition) is 1. The maximum absolute atomic E-state index is 4.51. The molecule has 1 aromatic heterocycles. The number of pyridine rings is 1. The van der Waals surface area contributed by atoms with E-state index in [1.807, 2.05) is 24.4 Å². The van der Waals surface area contributed by atoms with E-state index in [4.69, 9.17) is 0 Å². The largest absolute Gasteiger partial charge is 0.256 e. The Bertz CT molecular complexity index is 1190. The van der Waals surface area contributed by atoms with Gasteiger partial charge in [-0.2, -0.15) is 0 Å². The van der Waals surface area contributed by atoms with Gasteiger partial charge < -0.3 is 0 Å². The minimum absolute atomic E-state index is 0.0117. The van der Waals surface area contributed by atoms with Gasteiger partial charge in [-0.1, -0.05) is 72.2 Å². The van der Waals surface area contributed by atoms with Crippen LogP contribution >= 0.6 is 15.9 Å². The molecule has 0 atom stereocenters. The van der Waals surface area contributed by atoms with E-state index in [-0.39, 0.29) is 5.41 Å². The third kappa shape index (κ3) is 2.71. The molecular weight excluding hydrogens is 406 g/mol. The van der Waals surface area contributed by atoms with E-state index in [0.717, 1.165) is 15.7 Å². The van der Waals surface area contributed by atoms with Gasteiger partial charge in [0.15, 0.2) is 0 Å². The SMILES string of the molecule is CC1(C)c2ccccc2-c2ccc(-c3cc(Br)cc(-c4ccccn4)c3)cc21. The average molecular weight is 426 g/mol. The molecule has 4 aromatic rings. The smallest absolute Gasteiger partial charge is 0.0702 e. The Hall–Kier alpha value is -2.71. The second-order valence-electron chi connectivity index (χ2n) is 7.87. The Labute approximate surface area is 174 Å². The van der Waals surface area contributed by atoms with Gasteiger partial charge in [0, 0.05) is 21.6 Å². The van der Waals surface area contributed by atoms with Crippen molar-refractivity contribution in [3.8, 4) is 33.5 Å². The molecule has 0 spiro atoms. The third-order valence-corrected chi connectivity index (χ3v) is 6.23. The van der Waals surface area contributed by atoms with Gasteiger partial charge in [-0.15, -0.1) is 0 Å². The summed E-state index contributed by atoms with van der Waals surface area (Å²) in [6, 6.07) is 28.2. The Kier molecular flexibility index (Phi) is 3.99. The van der Waals surface area contributed by atoms with Crippen LogP contribution in [0.15, 0.2) is 89.5 Å². The Morgan fingerprint density at radius 2 is 1.43 bits per heavy atom. The van der Waals surface area contributed by atoms with Crippen molar-refractivity contribution in [2.24, 2.45) is 0 Å². The Morgan fingerprint density at radius 3 is 2.25 bits per heavy atom. The molecule has 0 saturated carbocycles. The van der Waals surface area contributed by atoms with Gasteiger partial charge >= 0.3 is 0 Å². The third-order valence-electron chi connectivity index (χ3n) is 5.78. The van der Waals surface area contributed by atoms with Crippen LogP contribution in [0, 0.1) is 0 Å². The molecule has 1 nitrogen and oxygen atoms in total. The molecule has 1 aliphatic carbocycles. The van der Waals surface area contributed by atoms with Crippen LogP contribution in [0.2, 0.25) is 0 Å². The fourth-order valence-electron chi connectivity index (χ4n) is 4.32. The van der Waals surface area contributed by atoms with Gasteiger partial charge in [0.05, 0.1) is 5.69 Å². The van der Waals surface area contributed by atoms with Crippen LogP contribution in [-0.2, 0) is 5.41 Å². The summed E-state index contributed by atoms with van der Waals surface area (Å²) in [5.41, 5.74) is 10.1. The van der Waals surface area contributed by atoms with Crippen LogP contribution in [0.1, 0.15) is 25.0 Å². The molecule has 3 aromatic carbocycles. The van der Waals surface area contributed by atoms with E-state index in [0.29, 0.717) is 0 Å². The molecule has 2 heteroatoms. The fourth-order valence-corrected chi connectivity index (χ4v) is 4.81. The van der Waals surface area contributed by atoms with E-state index >= 15 is 0 Å². The predicted octanol–water partition coefficient (Wildman–Crippen LogP) is 7.48. The van der Waals surface area contributed by atoms with E-state index in [1.54, 1.807) is 0 Å². The van der Waals surface area contributed by atoms with Crippen LogP contribution < -0.4 is 0 Å². The van der Waals surface area contributed by atoms with Crippen molar-refractivity contribution in [1.29, 1.82) is 0 Å². The highest BCUT2D eigenvalue weighted by molar-refractivity contribution is 9.10.